The average molecular weight is 367 g/mol. The summed E-state index contributed by atoms with van der Waals surface area (Å²) >= 11 is 0. The minimum Gasteiger partial charge on any atom is -0.497 e. The average Bonchev–Trinajstić information content (AvgIpc) is 2.66. The van der Waals surface area contributed by atoms with Gasteiger partial charge >= 0.3 is 0 Å². The predicted molar refractivity (Wildman–Crippen MR) is 110 cm³/mol. The van der Waals surface area contributed by atoms with E-state index in [2.05, 4.69) is 25.2 Å². The summed E-state index contributed by atoms with van der Waals surface area (Å²) in [6, 6.07) is 11.6. The third kappa shape index (κ3) is 5.36. The molecule has 4 nitrogen and oxygen atoms in total. The summed E-state index contributed by atoms with van der Waals surface area (Å²) < 4.78 is 10.6. The first-order valence-corrected chi connectivity index (χ1v) is 9.16. The SMILES string of the molecule is COc1ccc(/C=C/C(=O)N[C@@H](C)c2cc(C(C)C)c(OC)cc2C)cc1. The van der Waals surface area contributed by atoms with Crippen molar-refractivity contribution in [2.75, 3.05) is 14.2 Å². The Hall–Kier alpha value is -2.75. The van der Waals surface area contributed by atoms with Gasteiger partial charge in [-0.2, -0.15) is 0 Å². The molecule has 0 unspecified atom stereocenters. The van der Waals surface area contributed by atoms with Crippen molar-refractivity contribution >= 4 is 12.0 Å². The van der Waals surface area contributed by atoms with E-state index in [1.807, 2.05) is 44.2 Å². The third-order valence-corrected chi connectivity index (χ3v) is 4.61. The summed E-state index contributed by atoms with van der Waals surface area (Å²) in [5.41, 5.74) is 4.29. The molecule has 2 rings (SSSR count). The monoisotopic (exact) mass is 367 g/mol. The normalized spacial score (nSPS) is 12.3. The molecule has 2 aromatic rings. The van der Waals surface area contributed by atoms with E-state index in [1.54, 1.807) is 26.4 Å². The highest BCUT2D eigenvalue weighted by molar-refractivity contribution is 5.92. The number of hydrogen-bond acceptors (Lipinski definition) is 3. The van der Waals surface area contributed by atoms with E-state index < -0.39 is 0 Å². The molecule has 27 heavy (non-hydrogen) atoms. The number of carbonyl (C=O) groups is 1. The summed E-state index contributed by atoms with van der Waals surface area (Å²) in [5, 5.41) is 3.04. The van der Waals surface area contributed by atoms with Gasteiger partial charge in [-0.25, -0.2) is 0 Å². The van der Waals surface area contributed by atoms with Crippen molar-refractivity contribution < 1.29 is 14.3 Å². The van der Waals surface area contributed by atoms with E-state index in [0.29, 0.717) is 5.92 Å². The van der Waals surface area contributed by atoms with Gasteiger partial charge in [-0.3, -0.25) is 4.79 Å². The predicted octanol–water partition coefficient (Wildman–Crippen LogP) is 5.03. The van der Waals surface area contributed by atoms with Crippen molar-refractivity contribution in [3.05, 3.63) is 64.7 Å². The minimum absolute atomic E-state index is 0.0959. The van der Waals surface area contributed by atoms with Crippen LogP contribution in [0.25, 0.3) is 6.08 Å². The van der Waals surface area contributed by atoms with Gasteiger partial charge in [0.25, 0.3) is 0 Å². The van der Waals surface area contributed by atoms with Crippen molar-refractivity contribution in [3.63, 3.8) is 0 Å². The minimum atomic E-state index is -0.125. The van der Waals surface area contributed by atoms with E-state index in [1.165, 1.54) is 0 Å². The molecule has 0 saturated carbocycles. The Bertz CT molecular complexity index is 807. The molecule has 0 heterocycles. The molecule has 1 N–H and O–H groups in total. The van der Waals surface area contributed by atoms with Gasteiger partial charge in [0.05, 0.1) is 20.3 Å². The van der Waals surface area contributed by atoms with Crippen LogP contribution in [0.1, 0.15) is 55.0 Å². The fraction of sp³-hybridized carbons (Fsp3) is 0.348. The Morgan fingerprint density at radius 2 is 1.67 bits per heavy atom. The lowest BCUT2D eigenvalue weighted by atomic mass is 9.93. The standard InChI is InChI=1S/C23H29NO3/c1-15(2)20-14-21(16(3)13-22(20)27-6)17(4)24-23(25)12-9-18-7-10-19(26-5)11-8-18/h7-15,17H,1-6H3,(H,24,25)/b12-9+/t17-/m0/s1. The zero-order chi connectivity index (χ0) is 20.0. The Kier molecular flexibility index (Phi) is 7.05. The highest BCUT2D eigenvalue weighted by Gasteiger charge is 2.16. The number of rotatable bonds is 7. The zero-order valence-corrected chi connectivity index (χ0v) is 17.0. The van der Waals surface area contributed by atoms with Crippen molar-refractivity contribution in [3.8, 4) is 11.5 Å². The van der Waals surface area contributed by atoms with E-state index >= 15 is 0 Å². The smallest absolute Gasteiger partial charge is 0.244 e. The van der Waals surface area contributed by atoms with Crippen molar-refractivity contribution in [2.45, 2.75) is 39.7 Å². The number of nitrogens with one attached hydrogen (secondary N) is 1. The number of carbonyl (C=O) groups excluding carboxylic acids is 1. The van der Waals surface area contributed by atoms with Crippen LogP contribution < -0.4 is 14.8 Å². The molecule has 0 aliphatic rings. The summed E-state index contributed by atoms with van der Waals surface area (Å²) in [5.74, 6) is 1.90. The number of methoxy groups -OCH3 is 2. The first kappa shape index (κ1) is 20.6. The van der Waals surface area contributed by atoms with Gasteiger partial charge in [0.2, 0.25) is 5.91 Å². The molecule has 144 valence electrons. The zero-order valence-electron chi connectivity index (χ0n) is 17.0. The lowest BCUT2D eigenvalue weighted by molar-refractivity contribution is -0.117. The molecule has 0 aliphatic heterocycles. The Morgan fingerprint density at radius 1 is 1.00 bits per heavy atom. The van der Waals surface area contributed by atoms with Crippen LogP contribution in [-0.4, -0.2) is 20.1 Å². The summed E-state index contributed by atoms with van der Waals surface area (Å²) in [6.45, 7) is 8.31. The van der Waals surface area contributed by atoms with Gasteiger partial charge in [-0.05, 0) is 72.4 Å². The molecule has 2 aromatic carbocycles. The largest absolute Gasteiger partial charge is 0.497 e. The van der Waals surface area contributed by atoms with Gasteiger partial charge in [0.15, 0.2) is 0 Å². The molecule has 1 atom stereocenters. The Morgan fingerprint density at radius 3 is 2.22 bits per heavy atom. The maximum atomic E-state index is 12.3. The van der Waals surface area contributed by atoms with Crippen LogP contribution in [-0.2, 0) is 4.79 Å². The van der Waals surface area contributed by atoms with Gasteiger partial charge in [0, 0.05) is 6.08 Å². The lowest BCUT2D eigenvalue weighted by Gasteiger charge is -2.20. The molecule has 0 aromatic heterocycles. The quantitative estimate of drug-likeness (QED) is 0.699. The summed E-state index contributed by atoms with van der Waals surface area (Å²) in [7, 11) is 3.32. The van der Waals surface area contributed by atoms with Gasteiger partial charge in [0.1, 0.15) is 11.5 Å². The molecule has 0 aliphatic carbocycles. The molecule has 0 fully saturated rings. The molecular weight excluding hydrogens is 338 g/mol. The van der Waals surface area contributed by atoms with E-state index in [0.717, 1.165) is 33.8 Å². The topological polar surface area (TPSA) is 47.6 Å². The number of ether oxygens (including phenoxy) is 2. The number of aryl methyl sites for hydroxylation is 1. The maximum absolute atomic E-state index is 12.3. The second-order valence-corrected chi connectivity index (χ2v) is 6.94. The molecular formula is C23H29NO3. The van der Waals surface area contributed by atoms with Crippen LogP contribution in [0.15, 0.2) is 42.5 Å². The number of benzene rings is 2. The first-order chi connectivity index (χ1) is 12.8. The van der Waals surface area contributed by atoms with Crippen molar-refractivity contribution in [1.29, 1.82) is 0 Å². The lowest BCUT2D eigenvalue weighted by Crippen LogP contribution is -2.25. The Balaban J connectivity index is 2.11. The molecule has 1 amide bonds. The fourth-order valence-corrected chi connectivity index (χ4v) is 3.04. The first-order valence-electron chi connectivity index (χ1n) is 9.16. The highest BCUT2D eigenvalue weighted by Crippen LogP contribution is 2.32. The molecule has 0 saturated heterocycles. The van der Waals surface area contributed by atoms with E-state index in [9.17, 15) is 4.79 Å². The van der Waals surface area contributed by atoms with E-state index in [-0.39, 0.29) is 11.9 Å². The van der Waals surface area contributed by atoms with Crippen molar-refractivity contribution in [1.82, 2.24) is 5.32 Å². The molecule has 0 radical (unpaired) electrons. The molecule has 0 bridgehead atoms. The number of amides is 1. The van der Waals surface area contributed by atoms with Crippen LogP contribution in [0.3, 0.4) is 0 Å². The second kappa shape index (κ2) is 9.26. The number of hydrogen-bond donors (Lipinski definition) is 1. The summed E-state index contributed by atoms with van der Waals surface area (Å²) in [6.07, 6.45) is 3.35. The summed E-state index contributed by atoms with van der Waals surface area (Å²) in [4.78, 5) is 12.3. The molecule has 4 heteroatoms. The fourth-order valence-electron chi connectivity index (χ4n) is 3.04. The maximum Gasteiger partial charge on any atom is 0.244 e. The van der Waals surface area contributed by atoms with Crippen LogP contribution in [0.5, 0.6) is 11.5 Å². The highest BCUT2D eigenvalue weighted by atomic mass is 16.5. The third-order valence-electron chi connectivity index (χ3n) is 4.61. The Labute approximate surface area is 162 Å². The van der Waals surface area contributed by atoms with Gasteiger partial charge in [-0.15, -0.1) is 0 Å². The van der Waals surface area contributed by atoms with E-state index in [4.69, 9.17) is 9.47 Å². The van der Waals surface area contributed by atoms with Crippen LogP contribution in [0, 0.1) is 6.92 Å². The van der Waals surface area contributed by atoms with Crippen molar-refractivity contribution in [2.24, 2.45) is 0 Å². The van der Waals surface area contributed by atoms with Gasteiger partial charge in [-0.1, -0.05) is 26.0 Å². The molecule has 0 spiro atoms. The van der Waals surface area contributed by atoms with Crippen LogP contribution in [0.2, 0.25) is 0 Å². The second-order valence-electron chi connectivity index (χ2n) is 6.94. The van der Waals surface area contributed by atoms with Crippen LogP contribution in [0.4, 0.5) is 0 Å². The van der Waals surface area contributed by atoms with Gasteiger partial charge < -0.3 is 14.8 Å². The van der Waals surface area contributed by atoms with Crippen LogP contribution >= 0.6 is 0 Å².